The van der Waals surface area contributed by atoms with Crippen molar-refractivity contribution in [1.29, 1.82) is 0 Å². The smallest absolute Gasteiger partial charge is 1.00 e. The van der Waals surface area contributed by atoms with Crippen molar-refractivity contribution in [2.45, 2.75) is 0 Å². The van der Waals surface area contributed by atoms with Crippen molar-refractivity contribution in [3.8, 4) is 0 Å². The molecule has 0 aromatic carbocycles. The van der Waals surface area contributed by atoms with Gasteiger partial charge in [-0.25, -0.2) is 4.79 Å². The van der Waals surface area contributed by atoms with Crippen LogP contribution in [0.15, 0.2) is 11.6 Å². The largest absolute Gasteiger partial charge is 1.00 e. The van der Waals surface area contributed by atoms with Gasteiger partial charge in [-0.3, -0.25) is 0 Å². The zero-order valence-corrected chi connectivity index (χ0v) is 7.82. The van der Waals surface area contributed by atoms with Crippen molar-refractivity contribution in [2.75, 3.05) is 0 Å². The molecule has 0 saturated carbocycles. The molecule has 0 saturated heterocycles. The second-order valence-corrected chi connectivity index (χ2v) is 1.17. The van der Waals surface area contributed by atoms with E-state index >= 15 is 0 Å². The number of rotatable bonds is 1. The molecule has 0 aromatic rings. The van der Waals surface area contributed by atoms with Crippen molar-refractivity contribution < 1.29 is 62.7 Å². The summed E-state index contributed by atoms with van der Waals surface area (Å²) in [5, 5.41) is 7.41. The Hall–Kier alpha value is 1.14. The van der Waals surface area contributed by atoms with E-state index in [0.717, 1.165) is 0 Å². The van der Waals surface area contributed by atoms with Crippen LogP contribution >= 0.6 is 11.6 Å². The van der Waals surface area contributed by atoms with Gasteiger partial charge in [-0.2, -0.15) is 0 Å². The van der Waals surface area contributed by atoms with E-state index in [9.17, 15) is 4.79 Å². The minimum atomic E-state index is -1.17. The minimum absolute atomic E-state index is 0. The summed E-state index contributed by atoms with van der Waals surface area (Å²) < 4.78 is 0. The predicted molar refractivity (Wildman–Crippen MR) is 23.7 cm³/mol. The molecule has 0 aliphatic carbocycles. The summed E-state index contributed by atoms with van der Waals surface area (Å²) in [7, 11) is 0. The SMILES string of the molecule is C=C(Cl)C(=O)O.[H-].[K+]. The summed E-state index contributed by atoms with van der Waals surface area (Å²) in [5.41, 5.74) is 0. The molecule has 0 heterocycles. The second kappa shape index (κ2) is 5.28. The normalized spacial score (nSPS) is 6.43. The fourth-order valence-electron chi connectivity index (χ4n) is 0. The van der Waals surface area contributed by atoms with Gasteiger partial charge in [-0.15, -0.1) is 0 Å². The van der Waals surface area contributed by atoms with Gasteiger partial charge in [0.1, 0.15) is 5.03 Å². The van der Waals surface area contributed by atoms with Crippen molar-refractivity contribution in [3.05, 3.63) is 11.6 Å². The first kappa shape index (κ1) is 11.0. The summed E-state index contributed by atoms with van der Waals surface area (Å²) in [6.45, 7) is 2.92. The Bertz CT molecular complexity index is 83.3. The van der Waals surface area contributed by atoms with E-state index in [-0.39, 0.29) is 57.8 Å². The van der Waals surface area contributed by atoms with Gasteiger partial charge in [0.25, 0.3) is 0 Å². The first-order valence-corrected chi connectivity index (χ1v) is 1.60. The summed E-state index contributed by atoms with van der Waals surface area (Å²) in [5.74, 6) is -1.17. The molecule has 7 heavy (non-hydrogen) atoms. The number of carboxylic acids is 1. The molecule has 2 nitrogen and oxygen atoms in total. The number of carboxylic acid groups (broad SMARTS) is 1. The molecule has 0 amide bonds. The Morgan fingerprint density at radius 2 is 2.00 bits per heavy atom. The molecular formula is C3H4ClKO2. The molecule has 0 bridgehead atoms. The molecule has 0 spiro atoms. The average Bonchev–Trinajstić information content (AvgIpc) is 1.36. The summed E-state index contributed by atoms with van der Waals surface area (Å²) >= 11 is 4.82. The fourth-order valence-corrected chi connectivity index (χ4v) is 0. The van der Waals surface area contributed by atoms with E-state index in [0.29, 0.717) is 0 Å². The van der Waals surface area contributed by atoms with Crippen LogP contribution in [0, 0.1) is 0 Å². The van der Waals surface area contributed by atoms with Crippen LogP contribution in [0.1, 0.15) is 1.43 Å². The first-order chi connectivity index (χ1) is 2.64. The Kier molecular flexibility index (Phi) is 8.29. The van der Waals surface area contributed by atoms with Crippen LogP contribution in [0.2, 0.25) is 0 Å². The summed E-state index contributed by atoms with van der Waals surface area (Å²) in [6, 6.07) is 0. The van der Waals surface area contributed by atoms with E-state index in [1.165, 1.54) is 0 Å². The Balaban J connectivity index is -0.000000125. The van der Waals surface area contributed by atoms with Crippen LogP contribution in [0.3, 0.4) is 0 Å². The van der Waals surface area contributed by atoms with Gasteiger partial charge < -0.3 is 6.53 Å². The van der Waals surface area contributed by atoms with Crippen LogP contribution in [0.5, 0.6) is 0 Å². The van der Waals surface area contributed by atoms with Crippen molar-refractivity contribution in [2.24, 2.45) is 0 Å². The summed E-state index contributed by atoms with van der Waals surface area (Å²) in [4.78, 5) is 9.47. The first-order valence-electron chi connectivity index (χ1n) is 1.22. The van der Waals surface area contributed by atoms with Crippen LogP contribution in [0.25, 0.3) is 0 Å². The fraction of sp³-hybridized carbons (Fsp3) is 0. The van der Waals surface area contributed by atoms with Crippen LogP contribution in [-0.2, 0) is 4.79 Å². The number of carbonyl (C=O) groups is 1. The van der Waals surface area contributed by atoms with E-state index < -0.39 is 5.97 Å². The van der Waals surface area contributed by atoms with Gasteiger partial charge in [0.05, 0.1) is 0 Å². The molecule has 0 rings (SSSR count). The van der Waals surface area contributed by atoms with Gasteiger partial charge >= 0.3 is 57.4 Å². The van der Waals surface area contributed by atoms with Gasteiger partial charge in [0.2, 0.25) is 0 Å². The molecule has 0 fully saturated rings. The zero-order chi connectivity index (χ0) is 5.15. The third-order valence-corrected chi connectivity index (χ3v) is 0.394. The van der Waals surface area contributed by atoms with E-state index in [1.807, 2.05) is 0 Å². The maximum atomic E-state index is 9.47. The van der Waals surface area contributed by atoms with Crippen molar-refractivity contribution >= 4 is 17.6 Å². The molecule has 1 N–H and O–H groups in total. The molecule has 0 atom stereocenters. The second-order valence-electron chi connectivity index (χ2n) is 0.710. The Morgan fingerprint density at radius 3 is 2.00 bits per heavy atom. The average molecular weight is 147 g/mol. The van der Waals surface area contributed by atoms with Crippen LogP contribution in [-0.4, -0.2) is 11.1 Å². The topological polar surface area (TPSA) is 37.3 Å². The number of halogens is 1. The number of hydrogen-bond donors (Lipinski definition) is 1. The zero-order valence-electron chi connectivity index (χ0n) is 4.94. The molecule has 36 valence electrons. The monoisotopic (exact) mass is 146 g/mol. The molecule has 4 heteroatoms. The van der Waals surface area contributed by atoms with E-state index in [1.54, 1.807) is 0 Å². The Morgan fingerprint density at radius 1 is 1.86 bits per heavy atom. The molecule has 0 aliphatic rings. The number of hydrogen-bond acceptors (Lipinski definition) is 1. The molecular weight excluding hydrogens is 143 g/mol. The van der Waals surface area contributed by atoms with Crippen molar-refractivity contribution in [3.63, 3.8) is 0 Å². The molecule has 0 radical (unpaired) electrons. The standard InChI is InChI=1S/C3H3ClO2.K.H/c1-2(4)3(5)6;;/h1H2,(H,5,6);;/q;+1;-1. The molecule has 0 unspecified atom stereocenters. The van der Waals surface area contributed by atoms with Crippen LogP contribution < -0.4 is 51.4 Å². The van der Waals surface area contributed by atoms with E-state index in [4.69, 9.17) is 16.7 Å². The minimum Gasteiger partial charge on any atom is -1.00 e. The third kappa shape index (κ3) is 7.14. The quantitative estimate of drug-likeness (QED) is 0.341. The summed E-state index contributed by atoms with van der Waals surface area (Å²) in [6.07, 6.45) is 0. The molecule has 0 aliphatic heterocycles. The van der Waals surface area contributed by atoms with E-state index in [2.05, 4.69) is 6.58 Å². The van der Waals surface area contributed by atoms with Crippen LogP contribution in [0.4, 0.5) is 0 Å². The maximum Gasteiger partial charge on any atom is 1.00 e. The third-order valence-electron chi connectivity index (χ3n) is 0.232. The van der Waals surface area contributed by atoms with Gasteiger partial charge in [0.15, 0.2) is 0 Å². The van der Waals surface area contributed by atoms with Gasteiger partial charge in [-0.1, -0.05) is 18.2 Å². The van der Waals surface area contributed by atoms with Gasteiger partial charge in [0, 0.05) is 0 Å². The van der Waals surface area contributed by atoms with Gasteiger partial charge in [-0.05, 0) is 0 Å². The predicted octanol–water partition coefficient (Wildman–Crippen LogP) is -2.06. The molecule has 0 aromatic heterocycles. The Labute approximate surface area is 90.4 Å². The van der Waals surface area contributed by atoms with Crippen molar-refractivity contribution in [1.82, 2.24) is 0 Å². The maximum absolute atomic E-state index is 9.47. The number of aliphatic carboxylic acids is 1.